The quantitative estimate of drug-likeness (QED) is 0.735. The number of piperidine rings is 1. The zero-order valence-electron chi connectivity index (χ0n) is 16.2. The number of aliphatic hydroxyl groups excluding tert-OH is 1. The molecule has 0 saturated carbocycles. The lowest BCUT2D eigenvalue weighted by atomic mass is 9.93. The van der Waals surface area contributed by atoms with E-state index in [2.05, 4.69) is 24.8 Å². The van der Waals surface area contributed by atoms with Crippen molar-refractivity contribution < 1.29 is 9.50 Å². The van der Waals surface area contributed by atoms with Gasteiger partial charge in [-0.1, -0.05) is 0 Å². The van der Waals surface area contributed by atoms with Crippen molar-refractivity contribution in [3.8, 4) is 0 Å². The van der Waals surface area contributed by atoms with E-state index in [1.807, 2.05) is 12.1 Å². The van der Waals surface area contributed by atoms with Crippen molar-refractivity contribution in [2.75, 3.05) is 42.6 Å². The fraction of sp³-hybridized carbons (Fsp3) is 0.409. The van der Waals surface area contributed by atoms with E-state index in [0.717, 1.165) is 67.3 Å². The van der Waals surface area contributed by atoms with Gasteiger partial charge in [0.2, 0.25) is 0 Å². The van der Waals surface area contributed by atoms with Crippen LogP contribution in [0, 0.1) is 11.7 Å². The lowest BCUT2D eigenvalue weighted by Crippen LogP contribution is -2.47. The Morgan fingerprint density at radius 2 is 1.79 bits per heavy atom. The zero-order valence-corrected chi connectivity index (χ0v) is 16.2. The van der Waals surface area contributed by atoms with Crippen LogP contribution in [0.3, 0.4) is 0 Å². The van der Waals surface area contributed by atoms with Crippen LogP contribution in [-0.2, 0) is 0 Å². The van der Waals surface area contributed by atoms with E-state index < -0.39 is 0 Å². The standard InChI is InChI=1S/C22H24FN5O/c23-18-2-3-19-16(11-18)1-4-20(26-19)28-12-17(13-28)21-22(25-8-7-24-21)27-9-5-15(14-29)6-10-27/h1-4,7-8,11,15,17,29H,5-6,9-10,12-14H2. The summed E-state index contributed by atoms with van der Waals surface area (Å²) >= 11 is 0. The molecule has 150 valence electrons. The third kappa shape index (κ3) is 3.51. The fourth-order valence-corrected chi connectivity index (χ4v) is 4.30. The predicted molar refractivity (Wildman–Crippen MR) is 111 cm³/mol. The van der Waals surface area contributed by atoms with Gasteiger partial charge in [0.1, 0.15) is 11.6 Å². The first kappa shape index (κ1) is 18.2. The molecule has 29 heavy (non-hydrogen) atoms. The molecule has 5 rings (SSSR count). The topological polar surface area (TPSA) is 65.4 Å². The Kier molecular flexibility index (Phi) is 4.75. The van der Waals surface area contributed by atoms with Crippen LogP contribution in [0.2, 0.25) is 0 Å². The molecule has 6 nitrogen and oxygen atoms in total. The molecule has 1 aromatic carbocycles. The molecule has 0 radical (unpaired) electrons. The van der Waals surface area contributed by atoms with Crippen LogP contribution in [0.5, 0.6) is 0 Å². The molecule has 2 saturated heterocycles. The maximum absolute atomic E-state index is 13.4. The molecule has 3 aromatic rings. The van der Waals surface area contributed by atoms with Crippen molar-refractivity contribution in [3.63, 3.8) is 0 Å². The normalized spacial score (nSPS) is 18.3. The second-order valence-corrected chi connectivity index (χ2v) is 7.99. The predicted octanol–water partition coefficient (Wildman–Crippen LogP) is 2.98. The molecule has 0 atom stereocenters. The Morgan fingerprint density at radius 1 is 1.00 bits per heavy atom. The minimum Gasteiger partial charge on any atom is -0.396 e. The largest absolute Gasteiger partial charge is 0.396 e. The minimum atomic E-state index is -0.241. The second-order valence-electron chi connectivity index (χ2n) is 7.99. The molecule has 4 heterocycles. The Labute approximate surface area is 169 Å². The van der Waals surface area contributed by atoms with Gasteiger partial charge in [-0.05, 0) is 49.1 Å². The number of hydrogen-bond donors (Lipinski definition) is 1. The maximum Gasteiger partial charge on any atom is 0.150 e. The number of rotatable bonds is 4. The van der Waals surface area contributed by atoms with Gasteiger partial charge in [0.25, 0.3) is 0 Å². The Balaban J connectivity index is 1.31. The number of benzene rings is 1. The van der Waals surface area contributed by atoms with Gasteiger partial charge in [0, 0.05) is 56.5 Å². The van der Waals surface area contributed by atoms with Gasteiger partial charge in [-0.3, -0.25) is 4.98 Å². The van der Waals surface area contributed by atoms with Crippen molar-refractivity contribution in [2.45, 2.75) is 18.8 Å². The van der Waals surface area contributed by atoms with E-state index in [4.69, 9.17) is 0 Å². The van der Waals surface area contributed by atoms with Crippen LogP contribution in [-0.4, -0.2) is 52.8 Å². The van der Waals surface area contributed by atoms with E-state index in [-0.39, 0.29) is 12.4 Å². The number of halogens is 1. The monoisotopic (exact) mass is 393 g/mol. The van der Waals surface area contributed by atoms with E-state index in [9.17, 15) is 9.50 Å². The summed E-state index contributed by atoms with van der Waals surface area (Å²) in [5.74, 6) is 2.37. The van der Waals surface area contributed by atoms with Crippen LogP contribution in [0.4, 0.5) is 16.0 Å². The second kappa shape index (κ2) is 7.55. The molecule has 0 spiro atoms. The van der Waals surface area contributed by atoms with Crippen LogP contribution in [0.1, 0.15) is 24.5 Å². The summed E-state index contributed by atoms with van der Waals surface area (Å²) < 4.78 is 13.4. The summed E-state index contributed by atoms with van der Waals surface area (Å²) in [6.07, 6.45) is 5.51. The molecule has 0 amide bonds. The first-order chi connectivity index (χ1) is 14.2. The van der Waals surface area contributed by atoms with E-state index in [1.165, 1.54) is 12.1 Å². The van der Waals surface area contributed by atoms with Gasteiger partial charge in [-0.2, -0.15) is 0 Å². The minimum absolute atomic E-state index is 0.241. The average Bonchev–Trinajstić information content (AvgIpc) is 2.73. The molecule has 7 heteroatoms. The SMILES string of the molecule is OCC1CCN(c2nccnc2C2CN(c3ccc4cc(F)ccc4n3)C2)CC1. The first-order valence-electron chi connectivity index (χ1n) is 10.2. The smallest absolute Gasteiger partial charge is 0.150 e. The van der Waals surface area contributed by atoms with E-state index in [0.29, 0.717) is 11.8 Å². The van der Waals surface area contributed by atoms with Crippen LogP contribution in [0.25, 0.3) is 10.9 Å². The summed E-state index contributed by atoms with van der Waals surface area (Å²) in [5, 5.41) is 10.2. The average molecular weight is 393 g/mol. The molecule has 1 N–H and O–H groups in total. The Hall–Kier alpha value is -2.80. The molecular formula is C22H24FN5O. The highest BCUT2D eigenvalue weighted by molar-refractivity contribution is 5.80. The first-order valence-corrected chi connectivity index (χ1v) is 10.2. The highest BCUT2D eigenvalue weighted by atomic mass is 19.1. The van der Waals surface area contributed by atoms with Crippen molar-refractivity contribution in [1.29, 1.82) is 0 Å². The third-order valence-electron chi connectivity index (χ3n) is 6.11. The number of fused-ring (bicyclic) bond motifs is 1. The molecular weight excluding hydrogens is 369 g/mol. The van der Waals surface area contributed by atoms with Gasteiger partial charge < -0.3 is 14.9 Å². The molecule has 2 fully saturated rings. The lowest BCUT2D eigenvalue weighted by molar-refractivity contribution is 0.202. The number of aromatic nitrogens is 3. The Bertz CT molecular complexity index is 1020. The molecule has 2 aliphatic heterocycles. The number of aliphatic hydroxyl groups is 1. The van der Waals surface area contributed by atoms with Crippen molar-refractivity contribution in [2.24, 2.45) is 5.92 Å². The van der Waals surface area contributed by atoms with E-state index in [1.54, 1.807) is 18.5 Å². The van der Waals surface area contributed by atoms with Gasteiger partial charge in [0.05, 0.1) is 11.2 Å². The van der Waals surface area contributed by atoms with Crippen LogP contribution in [0.15, 0.2) is 42.7 Å². The van der Waals surface area contributed by atoms with E-state index >= 15 is 0 Å². The summed E-state index contributed by atoms with van der Waals surface area (Å²) in [6.45, 7) is 3.79. The van der Waals surface area contributed by atoms with Gasteiger partial charge >= 0.3 is 0 Å². The number of nitrogens with zero attached hydrogens (tertiary/aromatic N) is 5. The van der Waals surface area contributed by atoms with Crippen molar-refractivity contribution in [3.05, 3.63) is 54.2 Å². The summed E-state index contributed by atoms with van der Waals surface area (Å²) in [5.41, 5.74) is 1.85. The van der Waals surface area contributed by atoms with Gasteiger partial charge in [0.15, 0.2) is 5.82 Å². The summed E-state index contributed by atoms with van der Waals surface area (Å²) in [4.78, 5) is 18.5. The number of hydrogen-bond acceptors (Lipinski definition) is 6. The van der Waals surface area contributed by atoms with Crippen molar-refractivity contribution in [1.82, 2.24) is 15.0 Å². The summed E-state index contributed by atoms with van der Waals surface area (Å²) in [7, 11) is 0. The Morgan fingerprint density at radius 3 is 2.59 bits per heavy atom. The highest BCUT2D eigenvalue weighted by Gasteiger charge is 2.34. The highest BCUT2D eigenvalue weighted by Crippen LogP contribution is 2.35. The number of anilines is 2. The fourth-order valence-electron chi connectivity index (χ4n) is 4.30. The molecule has 0 aliphatic carbocycles. The number of pyridine rings is 1. The summed E-state index contributed by atoms with van der Waals surface area (Å²) in [6, 6.07) is 8.56. The van der Waals surface area contributed by atoms with Gasteiger partial charge in [-0.15, -0.1) is 0 Å². The van der Waals surface area contributed by atoms with Crippen molar-refractivity contribution >= 4 is 22.5 Å². The van der Waals surface area contributed by atoms with Crippen LogP contribution < -0.4 is 9.80 Å². The molecule has 0 bridgehead atoms. The van der Waals surface area contributed by atoms with Gasteiger partial charge in [-0.25, -0.2) is 14.4 Å². The lowest BCUT2D eigenvalue weighted by Gasteiger charge is -2.41. The molecule has 0 unspecified atom stereocenters. The zero-order chi connectivity index (χ0) is 19.8. The van der Waals surface area contributed by atoms with Crippen LogP contribution >= 0.6 is 0 Å². The maximum atomic E-state index is 13.4. The molecule has 2 aliphatic rings. The third-order valence-corrected chi connectivity index (χ3v) is 6.11. The molecule has 2 aromatic heterocycles.